The number of carbonyl (C=O) groups is 2. The topological polar surface area (TPSA) is 92.2 Å². The van der Waals surface area contributed by atoms with Gasteiger partial charge >= 0.3 is 6.18 Å². The van der Waals surface area contributed by atoms with E-state index in [0.29, 0.717) is 0 Å². The van der Waals surface area contributed by atoms with Crippen molar-refractivity contribution in [3.05, 3.63) is 42.4 Å². The van der Waals surface area contributed by atoms with Gasteiger partial charge in [-0.05, 0) is 25.1 Å². The van der Waals surface area contributed by atoms with Crippen LogP contribution in [-0.2, 0) is 15.8 Å². The van der Waals surface area contributed by atoms with Gasteiger partial charge in [0.2, 0.25) is 11.8 Å². The van der Waals surface area contributed by atoms with Gasteiger partial charge in [0.1, 0.15) is 11.9 Å². The van der Waals surface area contributed by atoms with Gasteiger partial charge in [0.05, 0.1) is 12.1 Å². The van der Waals surface area contributed by atoms with Crippen molar-refractivity contribution in [2.75, 3.05) is 32.0 Å². The van der Waals surface area contributed by atoms with Crippen LogP contribution in [0.4, 0.5) is 19.0 Å². The Labute approximate surface area is 159 Å². The number of pyridine rings is 1. The van der Waals surface area contributed by atoms with E-state index in [9.17, 15) is 22.8 Å². The number of halogens is 3. The summed E-state index contributed by atoms with van der Waals surface area (Å²) < 4.78 is 38.9. The van der Waals surface area contributed by atoms with E-state index in [1.807, 2.05) is 0 Å². The molecule has 0 bridgehead atoms. The zero-order valence-electron chi connectivity index (χ0n) is 15.4. The van der Waals surface area contributed by atoms with Crippen molar-refractivity contribution in [2.45, 2.75) is 19.1 Å². The summed E-state index contributed by atoms with van der Waals surface area (Å²) in [7, 11) is 1.52. The van der Waals surface area contributed by atoms with Gasteiger partial charge in [-0.1, -0.05) is 0 Å². The number of nitrogens with zero attached hydrogens (tertiary/aromatic N) is 4. The molecule has 0 aliphatic heterocycles. The SMILES string of the molecule is C[C@@H](C(=O)N(C)CC(=O)NCCNc1ccc(C(F)(F)F)cn1)n1cccn1. The largest absolute Gasteiger partial charge is 0.417 e. The second-order valence-electron chi connectivity index (χ2n) is 6.06. The standard InChI is InChI=1S/C17H21F3N6O2/c1-12(26-9-3-6-24-26)16(28)25(2)11-15(27)22-8-7-21-14-5-4-13(10-23-14)17(18,19)20/h3-6,9-10,12H,7-8,11H2,1-2H3,(H,21,23)(H,22,27)/t12-/m0/s1. The minimum atomic E-state index is -4.43. The minimum absolute atomic E-state index is 0.122. The van der Waals surface area contributed by atoms with Crippen molar-refractivity contribution in [1.29, 1.82) is 0 Å². The van der Waals surface area contributed by atoms with Crippen LogP contribution in [0.1, 0.15) is 18.5 Å². The van der Waals surface area contributed by atoms with Crippen molar-refractivity contribution < 1.29 is 22.8 Å². The first-order valence-electron chi connectivity index (χ1n) is 8.46. The Balaban J connectivity index is 1.70. The van der Waals surface area contributed by atoms with Gasteiger partial charge < -0.3 is 15.5 Å². The fourth-order valence-corrected chi connectivity index (χ4v) is 2.35. The summed E-state index contributed by atoms with van der Waals surface area (Å²) in [6, 6.07) is 3.32. The summed E-state index contributed by atoms with van der Waals surface area (Å²) in [6.07, 6.45) is -0.466. The number of rotatable bonds is 8. The quantitative estimate of drug-likeness (QED) is 0.659. The number of aromatic nitrogens is 3. The molecule has 2 rings (SSSR count). The molecule has 0 aliphatic rings. The summed E-state index contributed by atoms with van der Waals surface area (Å²) in [6.45, 7) is 2.05. The molecule has 0 fully saturated rings. The van der Waals surface area contributed by atoms with Gasteiger partial charge in [-0.15, -0.1) is 0 Å². The lowest BCUT2D eigenvalue weighted by Gasteiger charge is -2.21. The lowest BCUT2D eigenvalue weighted by atomic mass is 10.3. The van der Waals surface area contributed by atoms with Crippen molar-refractivity contribution in [3.63, 3.8) is 0 Å². The number of amides is 2. The Morgan fingerprint density at radius 1 is 1.29 bits per heavy atom. The molecule has 2 N–H and O–H groups in total. The predicted molar refractivity (Wildman–Crippen MR) is 95.3 cm³/mol. The third kappa shape index (κ3) is 5.96. The Hall–Kier alpha value is -3.11. The summed E-state index contributed by atoms with van der Waals surface area (Å²) in [5, 5.41) is 9.43. The first kappa shape index (κ1) is 21.2. The molecular formula is C17H21F3N6O2. The normalized spacial score (nSPS) is 12.3. The molecule has 0 saturated heterocycles. The molecule has 0 aliphatic carbocycles. The lowest BCUT2D eigenvalue weighted by Crippen LogP contribution is -2.42. The van der Waals surface area contributed by atoms with Crippen LogP contribution in [-0.4, -0.2) is 58.2 Å². The third-order valence-electron chi connectivity index (χ3n) is 3.88. The number of nitrogens with one attached hydrogen (secondary N) is 2. The summed E-state index contributed by atoms with van der Waals surface area (Å²) in [5.74, 6) is -0.348. The van der Waals surface area contributed by atoms with Crippen LogP contribution < -0.4 is 10.6 Å². The number of carbonyl (C=O) groups excluding carboxylic acids is 2. The van der Waals surface area contributed by atoms with Crippen LogP contribution in [0.3, 0.4) is 0 Å². The van der Waals surface area contributed by atoms with Gasteiger partial charge in [-0.2, -0.15) is 18.3 Å². The highest BCUT2D eigenvalue weighted by Gasteiger charge is 2.30. The Kier molecular flexibility index (Phi) is 6.96. The Morgan fingerprint density at radius 3 is 2.61 bits per heavy atom. The molecule has 2 aromatic heterocycles. The van der Waals surface area contributed by atoms with Gasteiger partial charge in [0.25, 0.3) is 0 Å². The molecule has 2 aromatic rings. The molecule has 2 heterocycles. The number of anilines is 1. The highest BCUT2D eigenvalue weighted by Crippen LogP contribution is 2.28. The minimum Gasteiger partial charge on any atom is -0.368 e. The van der Waals surface area contributed by atoms with Crippen LogP contribution >= 0.6 is 0 Å². The maximum Gasteiger partial charge on any atom is 0.417 e. The predicted octanol–water partition coefficient (Wildman–Crippen LogP) is 1.54. The maximum absolute atomic E-state index is 12.5. The van der Waals surface area contributed by atoms with Crippen molar-refractivity contribution in [3.8, 4) is 0 Å². The number of alkyl halides is 3. The molecule has 28 heavy (non-hydrogen) atoms. The van der Waals surface area contributed by atoms with E-state index in [2.05, 4.69) is 20.7 Å². The molecule has 0 aromatic carbocycles. The van der Waals surface area contributed by atoms with Crippen LogP contribution in [0.25, 0.3) is 0 Å². The van der Waals surface area contributed by atoms with E-state index in [-0.39, 0.29) is 37.3 Å². The first-order valence-corrected chi connectivity index (χ1v) is 8.46. The fraction of sp³-hybridized carbons (Fsp3) is 0.412. The highest BCUT2D eigenvalue weighted by atomic mass is 19.4. The summed E-state index contributed by atoms with van der Waals surface area (Å²) in [5.41, 5.74) is -0.830. The molecule has 152 valence electrons. The molecule has 1 atom stereocenters. The van der Waals surface area contributed by atoms with E-state index < -0.39 is 17.8 Å². The third-order valence-corrected chi connectivity index (χ3v) is 3.88. The van der Waals surface area contributed by atoms with Crippen molar-refractivity contribution in [2.24, 2.45) is 0 Å². The fourth-order valence-electron chi connectivity index (χ4n) is 2.35. The number of likely N-dealkylation sites (N-methyl/N-ethyl adjacent to an activating group) is 1. The molecule has 0 radical (unpaired) electrons. The van der Waals surface area contributed by atoms with Crippen LogP contribution in [0.2, 0.25) is 0 Å². The van der Waals surface area contributed by atoms with E-state index in [0.717, 1.165) is 12.3 Å². The monoisotopic (exact) mass is 398 g/mol. The molecule has 0 saturated carbocycles. The zero-order chi connectivity index (χ0) is 20.7. The van der Waals surface area contributed by atoms with Gasteiger partial charge in [-0.25, -0.2) is 4.98 Å². The van der Waals surface area contributed by atoms with Crippen molar-refractivity contribution in [1.82, 2.24) is 25.0 Å². The molecule has 0 unspecified atom stereocenters. The second-order valence-corrected chi connectivity index (χ2v) is 6.06. The molecular weight excluding hydrogens is 377 g/mol. The van der Waals surface area contributed by atoms with E-state index in [4.69, 9.17) is 0 Å². The average molecular weight is 398 g/mol. The molecule has 0 spiro atoms. The number of hydrogen-bond donors (Lipinski definition) is 2. The van der Waals surface area contributed by atoms with Crippen molar-refractivity contribution >= 4 is 17.6 Å². The molecule has 11 heteroatoms. The lowest BCUT2D eigenvalue weighted by molar-refractivity contribution is -0.138. The average Bonchev–Trinajstić information content (AvgIpc) is 3.18. The summed E-state index contributed by atoms with van der Waals surface area (Å²) in [4.78, 5) is 29.2. The zero-order valence-corrected chi connectivity index (χ0v) is 15.4. The highest BCUT2D eigenvalue weighted by molar-refractivity contribution is 5.86. The maximum atomic E-state index is 12.5. The Morgan fingerprint density at radius 2 is 2.04 bits per heavy atom. The van der Waals surface area contributed by atoms with Gasteiger partial charge in [0, 0.05) is 38.7 Å². The van der Waals surface area contributed by atoms with Crippen LogP contribution in [0, 0.1) is 0 Å². The molecule has 8 nitrogen and oxygen atoms in total. The van der Waals surface area contributed by atoms with Gasteiger partial charge in [-0.3, -0.25) is 14.3 Å². The molecule has 2 amide bonds. The Bertz CT molecular complexity index is 777. The second kappa shape index (κ2) is 9.20. The smallest absolute Gasteiger partial charge is 0.368 e. The van der Waals surface area contributed by atoms with E-state index in [1.54, 1.807) is 25.4 Å². The first-order chi connectivity index (χ1) is 13.2. The van der Waals surface area contributed by atoms with Crippen LogP contribution in [0.15, 0.2) is 36.8 Å². The number of hydrogen-bond acceptors (Lipinski definition) is 5. The summed E-state index contributed by atoms with van der Waals surface area (Å²) >= 11 is 0. The van der Waals surface area contributed by atoms with Crippen LogP contribution in [0.5, 0.6) is 0 Å². The van der Waals surface area contributed by atoms with Gasteiger partial charge in [0.15, 0.2) is 0 Å². The van der Waals surface area contributed by atoms with E-state index in [1.165, 1.54) is 22.7 Å². The van der Waals surface area contributed by atoms with E-state index >= 15 is 0 Å².